The number of methoxy groups -OCH3 is 2. The maximum Gasteiger partial charge on any atom is 0.573 e. The van der Waals surface area contributed by atoms with Crippen LogP contribution in [0.1, 0.15) is 35.0 Å². The molecule has 5 aromatic rings. The number of hydrogen-bond donors (Lipinski definition) is 0. The molecule has 1 amide bonds. The van der Waals surface area contributed by atoms with Crippen molar-refractivity contribution in [2.45, 2.75) is 38.4 Å². The van der Waals surface area contributed by atoms with Gasteiger partial charge in [-0.15, -0.1) is 13.2 Å². The summed E-state index contributed by atoms with van der Waals surface area (Å²) >= 11 is 1.11. The number of hydrogen-bond acceptors (Lipinski definition) is 9. The van der Waals surface area contributed by atoms with Crippen LogP contribution in [0.15, 0.2) is 77.6 Å². The molecule has 3 heterocycles. The first-order valence-electron chi connectivity index (χ1n) is 14.6. The highest BCUT2D eigenvalue weighted by molar-refractivity contribution is 7.18. The third-order valence-electron chi connectivity index (χ3n) is 7.69. The summed E-state index contributed by atoms with van der Waals surface area (Å²) in [4.78, 5) is 38.4. The SMILES string of the molecule is COc1ccc(Cn2c(-c3ccccc3OC(F)(F)F)nc3sc([C@H]4CCCN4C(=O)OCc4ccccc4)nc3c2=O)c(OC)c1. The topological polar surface area (TPSA) is 105 Å². The smallest absolute Gasteiger partial charge is 0.497 e. The van der Waals surface area contributed by atoms with Crippen molar-refractivity contribution in [3.63, 3.8) is 0 Å². The Balaban J connectivity index is 1.42. The number of benzene rings is 3. The zero-order chi connectivity index (χ0) is 33.1. The molecule has 2 aromatic heterocycles. The van der Waals surface area contributed by atoms with Crippen molar-refractivity contribution in [3.8, 4) is 28.6 Å². The van der Waals surface area contributed by atoms with E-state index in [2.05, 4.69) is 9.72 Å². The summed E-state index contributed by atoms with van der Waals surface area (Å²) in [7, 11) is 2.96. The fourth-order valence-electron chi connectivity index (χ4n) is 5.48. The molecule has 1 aliphatic rings. The van der Waals surface area contributed by atoms with Gasteiger partial charge in [0.25, 0.3) is 5.56 Å². The van der Waals surface area contributed by atoms with E-state index in [4.69, 9.17) is 19.2 Å². The lowest BCUT2D eigenvalue weighted by Gasteiger charge is -2.22. The van der Waals surface area contributed by atoms with Gasteiger partial charge < -0.3 is 18.9 Å². The van der Waals surface area contributed by atoms with E-state index in [1.807, 2.05) is 30.3 Å². The van der Waals surface area contributed by atoms with Gasteiger partial charge in [0.05, 0.1) is 32.4 Å². The van der Waals surface area contributed by atoms with E-state index in [0.29, 0.717) is 41.5 Å². The van der Waals surface area contributed by atoms with E-state index in [1.54, 1.807) is 23.1 Å². The van der Waals surface area contributed by atoms with Gasteiger partial charge in [-0.3, -0.25) is 14.3 Å². The number of halogens is 3. The predicted octanol–water partition coefficient (Wildman–Crippen LogP) is 6.96. The van der Waals surface area contributed by atoms with Gasteiger partial charge >= 0.3 is 12.5 Å². The van der Waals surface area contributed by atoms with E-state index in [-0.39, 0.29) is 34.9 Å². The van der Waals surface area contributed by atoms with Gasteiger partial charge in [-0.05, 0) is 42.7 Å². The third kappa shape index (κ3) is 6.87. The van der Waals surface area contributed by atoms with Crippen LogP contribution in [0.5, 0.6) is 17.2 Å². The lowest BCUT2D eigenvalue weighted by atomic mass is 10.1. The molecule has 0 N–H and O–H groups in total. The van der Waals surface area contributed by atoms with Crippen LogP contribution < -0.4 is 19.8 Å². The first kappa shape index (κ1) is 31.9. The Labute approximate surface area is 270 Å². The molecule has 0 spiro atoms. The number of amides is 1. The number of para-hydroxylation sites is 1. The van der Waals surface area contributed by atoms with Crippen molar-refractivity contribution in [2.75, 3.05) is 20.8 Å². The van der Waals surface area contributed by atoms with Gasteiger partial charge in [0, 0.05) is 18.2 Å². The Bertz CT molecular complexity index is 1960. The lowest BCUT2D eigenvalue weighted by Crippen LogP contribution is -2.31. The molecule has 0 aliphatic carbocycles. The highest BCUT2D eigenvalue weighted by Gasteiger charge is 2.35. The molecule has 0 saturated carbocycles. The summed E-state index contributed by atoms with van der Waals surface area (Å²) in [5.74, 6) is 0.343. The monoisotopic (exact) mass is 666 g/mol. The first-order valence-corrected chi connectivity index (χ1v) is 15.4. The fraction of sp³-hybridized carbons (Fsp3) is 0.273. The van der Waals surface area contributed by atoms with Crippen molar-refractivity contribution in [3.05, 3.63) is 99.3 Å². The van der Waals surface area contributed by atoms with E-state index in [9.17, 15) is 22.8 Å². The van der Waals surface area contributed by atoms with Crippen LogP contribution in [0.25, 0.3) is 21.7 Å². The standard InChI is InChI=1S/C33H29F3N4O6S/c1-43-22-15-14-21(26(17-22)44-2)18-40-28(23-11-6-7-13-25(23)46-33(34,35)36)38-30-27(31(40)41)37-29(47-30)24-12-8-16-39(24)32(42)45-19-20-9-4-3-5-10-20/h3-7,9-11,13-15,17,24H,8,12,16,18-19H2,1-2H3/t24-/m1/s1. The van der Waals surface area contributed by atoms with Gasteiger partial charge in [-0.1, -0.05) is 53.8 Å². The second-order valence-electron chi connectivity index (χ2n) is 10.6. The van der Waals surface area contributed by atoms with Crippen LogP contribution in [0, 0.1) is 0 Å². The average Bonchev–Trinajstić information content (AvgIpc) is 3.73. The molecule has 1 fully saturated rings. The molecule has 1 atom stereocenters. The number of rotatable bonds is 9. The zero-order valence-electron chi connectivity index (χ0n) is 25.3. The minimum absolute atomic E-state index is 0.0277. The molecule has 244 valence electrons. The minimum atomic E-state index is -4.98. The quantitative estimate of drug-likeness (QED) is 0.166. The van der Waals surface area contributed by atoms with Crippen LogP contribution in [-0.2, 0) is 17.9 Å². The van der Waals surface area contributed by atoms with Crippen LogP contribution >= 0.6 is 11.3 Å². The number of carbonyl (C=O) groups excluding carboxylic acids is 1. The van der Waals surface area contributed by atoms with E-state index >= 15 is 0 Å². The molecule has 10 nitrogen and oxygen atoms in total. The molecular formula is C33H29F3N4O6S. The van der Waals surface area contributed by atoms with Crippen LogP contribution in [0.3, 0.4) is 0 Å². The largest absolute Gasteiger partial charge is 0.573 e. The number of nitrogens with zero attached hydrogens (tertiary/aromatic N) is 4. The van der Waals surface area contributed by atoms with Crippen molar-refractivity contribution < 1.29 is 36.9 Å². The average molecular weight is 667 g/mol. The number of carbonyl (C=O) groups is 1. The first-order chi connectivity index (χ1) is 22.6. The number of fused-ring (bicyclic) bond motifs is 1. The maximum absolute atomic E-state index is 14.2. The molecule has 47 heavy (non-hydrogen) atoms. The lowest BCUT2D eigenvalue weighted by molar-refractivity contribution is -0.274. The third-order valence-corrected chi connectivity index (χ3v) is 8.74. The Morgan fingerprint density at radius 1 is 0.979 bits per heavy atom. The molecule has 0 bridgehead atoms. The normalized spacial score (nSPS) is 14.7. The van der Waals surface area contributed by atoms with Gasteiger partial charge in [-0.2, -0.15) is 0 Å². The van der Waals surface area contributed by atoms with Crippen molar-refractivity contribution in [1.82, 2.24) is 19.4 Å². The number of alkyl halides is 3. The second-order valence-corrected chi connectivity index (χ2v) is 11.7. The Morgan fingerprint density at radius 2 is 1.74 bits per heavy atom. The van der Waals surface area contributed by atoms with Gasteiger partial charge in [0.15, 0.2) is 10.3 Å². The molecule has 0 unspecified atom stereocenters. The number of likely N-dealkylation sites (tertiary alicyclic amines) is 1. The van der Waals surface area contributed by atoms with E-state index < -0.39 is 29.8 Å². The fourth-order valence-corrected chi connectivity index (χ4v) is 6.56. The summed E-state index contributed by atoms with van der Waals surface area (Å²) in [6.45, 7) is 0.433. The van der Waals surface area contributed by atoms with Crippen LogP contribution in [-0.4, -0.2) is 52.7 Å². The van der Waals surface area contributed by atoms with Crippen LogP contribution in [0.4, 0.5) is 18.0 Å². The van der Waals surface area contributed by atoms with Crippen LogP contribution in [0.2, 0.25) is 0 Å². The summed E-state index contributed by atoms with van der Waals surface area (Å²) in [6, 6.07) is 19.3. The molecule has 0 radical (unpaired) electrons. The molecule has 6 rings (SSSR count). The number of ether oxygens (including phenoxy) is 4. The van der Waals surface area contributed by atoms with Gasteiger partial charge in [-0.25, -0.2) is 14.8 Å². The van der Waals surface area contributed by atoms with Gasteiger partial charge in [0.2, 0.25) is 0 Å². The molecule has 1 saturated heterocycles. The number of aromatic nitrogens is 3. The molecule has 3 aromatic carbocycles. The minimum Gasteiger partial charge on any atom is -0.497 e. The summed E-state index contributed by atoms with van der Waals surface area (Å²) in [6.07, 6.45) is -4.20. The molecule has 1 aliphatic heterocycles. The number of thiazole rings is 1. The molecule has 14 heteroatoms. The Hall–Kier alpha value is -5.11. The molecular weight excluding hydrogens is 637 g/mol. The van der Waals surface area contributed by atoms with E-state index in [1.165, 1.54) is 37.0 Å². The van der Waals surface area contributed by atoms with Gasteiger partial charge in [0.1, 0.15) is 34.7 Å². The summed E-state index contributed by atoms with van der Waals surface area (Å²) in [5.41, 5.74) is 0.796. The van der Waals surface area contributed by atoms with E-state index in [0.717, 1.165) is 23.0 Å². The van der Waals surface area contributed by atoms with Crippen molar-refractivity contribution >= 4 is 27.8 Å². The van der Waals surface area contributed by atoms with Crippen molar-refractivity contribution in [1.29, 1.82) is 0 Å². The highest BCUT2D eigenvalue weighted by Crippen LogP contribution is 2.38. The predicted molar refractivity (Wildman–Crippen MR) is 168 cm³/mol. The highest BCUT2D eigenvalue weighted by atomic mass is 32.1. The second kappa shape index (κ2) is 13.3. The Morgan fingerprint density at radius 3 is 2.49 bits per heavy atom. The summed E-state index contributed by atoms with van der Waals surface area (Å²) in [5, 5.41) is 0.476. The Kier molecular flexibility index (Phi) is 9.03. The summed E-state index contributed by atoms with van der Waals surface area (Å²) < 4.78 is 62.2. The zero-order valence-corrected chi connectivity index (χ0v) is 26.1. The van der Waals surface area contributed by atoms with Crippen molar-refractivity contribution in [2.24, 2.45) is 0 Å². The maximum atomic E-state index is 14.2.